The lowest BCUT2D eigenvalue weighted by Gasteiger charge is -2.29. The molecule has 3 aromatic rings. The summed E-state index contributed by atoms with van der Waals surface area (Å²) < 4.78 is 46.5. The van der Waals surface area contributed by atoms with Crippen molar-refractivity contribution in [2.24, 2.45) is 0 Å². The highest BCUT2D eigenvalue weighted by molar-refractivity contribution is 9.10. The maximum atomic E-state index is 14.0. The van der Waals surface area contributed by atoms with Gasteiger partial charge in [-0.2, -0.15) is 8.42 Å². The van der Waals surface area contributed by atoms with E-state index in [9.17, 15) is 22.2 Å². The molecule has 0 bridgehead atoms. The van der Waals surface area contributed by atoms with Crippen molar-refractivity contribution >= 4 is 49.3 Å². The number of thiocarbonyl (C=S) groups is 1. The highest BCUT2D eigenvalue weighted by Crippen LogP contribution is 2.41. The fourth-order valence-electron chi connectivity index (χ4n) is 4.99. The van der Waals surface area contributed by atoms with E-state index in [0.717, 1.165) is 23.1 Å². The SMILES string of the molecule is CN1C(=O)C(c2ccc(C3CCc4cc(S(=O)(=O)O)ccc43)cc2)(c2ccc(F)c(Br)c2)NC1=S. The summed E-state index contributed by atoms with van der Waals surface area (Å²) in [6.07, 6.45) is 1.49. The lowest BCUT2D eigenvalue weighted by molar-refractivity contribution is -0.129. The summed E-state index contributed by atoms with van der Waals surface area (Å²) in [4.78, 5) is 14.7. The van der Waals surface area contributed by atoms with Crippen LogP contribution in [0.5, 0.6) is 0 Å². The van der Waals surface area contributed by atoms with Crippen molar-refractivity contribution in [1.82, 2.24) is 10.2 Å². The normalized spacial score (nSPS) is 21.8. The van der Waals surface area contributed by atoms with E-state index in [2.05, 4.69) is 21.2 Å². The van der Waals surface area contributed by atoms with E-state index in [1.807, 2.05) is 24.3 Å². The van der Waals surface area contributed by atoms with Crippen LogP contribution in [-0.4, -0.2) is 35.9 Å². The standard InChI is InChI=1S/C25H20BrFN2O4S2/c1-29-23(30)25(28-24(29)34,17-7-11-22(27)21(26)13-17)16-5-2-14(3-6-16)19-9-4-15-12-18(35(31,32)33)8-10-20(15)19/h2-3,5-8,10-13,19H,4,9H2,1H3,(H,28,34)(H,31,32,33). The van der Waals surface area contributed by atoms with Crippen LogP contribution in [0.15, 0.2) is 70.0 Å². The molecule has 1 amide bonds. The molecule has 10 heteroatoms. The quantitative estimate of drug-likeness (QED) is 0.352. The molecule has 6 nitrogen and oxygen atoms in total. The number of hydrogen-bond donors (Lipinski definition) is 2. The first-order chi connectivity index (χ1) is 16.5. The highest BCUT2D eigenvalue weighted by Gasteiger charge is 2.51. The van der Waals surface area contributed by atoms with Crippen molar-refractivity contribution in [3.8, 4) is 0 Å². The maximum Gasteiger partial charge on any atom is 0.294 e. The summed E-state index contributed by atoms with van der Waals surface area (Å²) in [6, 6.07) is 16.8. The largest absolute Gasteiger partial charge is 0.341 e. The van der Waals surface area contributed by atoms with Gasteiger partial charge in [-0.05, 0) is 93.1 Å². The molecule has 5 rings (SSSR count). The van der Waals surface area contributed by atoms with Crippen molar-refractivity contribution < 1.29 is 22.2 Å². The van der Waals surface area contributed by atoms with E-state index in [0.29, 0.717) is 17.5 Å². The van der Waals surface area contributed by atoms with Crippen LogP contribution in [0.2, 0.25) is 0 Å². The van der Waals surface area contributed by atoms with Crippen LogP contribution < -0.4 is 5.32 Å². The lowest BCUT2D eigenvalue weighted by Crippen LogP contribution is -2.45. The van der Waals surface area contributed by atoms with E-state index in [4.69, 9.17) is 12.2 Å². The van der Waals surface area contributed by atoms with Gasteiger partial charge in [0.1, 0.15) is 5.82 Å². The molecule has 35 heavy (non-hydrogen) atoms. The van der Waals surface area contributed by atoms with Crippen molar-refractivity contribution in [3.05, 3.63) is 98.8 Å². The number of carbonyl (C=O) groups is 1. The molecular formula is C25H20BrFN2O4S2. The second-order valence-electron chi connectivity index (χ2n) is 8.72. The third kappa shape index (κ3) is 3.88. The molecule has 2 unspecified atom stereocenters. The fourth-order valence-corrected chi connectivity index (χ4v) is 6.14. The number of amides is 1. The summed E-state index contributed by atoms with van der Waals surface area (Å²) in [5, 5.41) is 3.43. The van der Waals surface area contributed by atoms with Crippen molar-refractivity contribution in [1.29, 1.82) is 0 Å². The number of benzene rings is 3. The second kappa shape index (κ2) is 8.48. The van der Waals surface area contributed by atoms with Crippen LogP contribution in [0, 0.1) is 5.82 Å². The van der Waals surface area contributed by atoms with Crippen LogP contribution in [0.25, 0.3) is 0 Å². The van der Waals surface area contributed by atoms with Gasteiger partial charge in [0.25, 0.3) is 16.0 Å². The minimum Gasteiger partial charge on any atom is -0.341 e. The number of carbonyl (C=O) groups excluding carboxylic acids is 1. The molecule has 2 N–H and O–H groups in total. The first-order valence-electron chi connectivity index (χ1n) is 10.8. The molecule has 3 aromatic carbocycles. The van der Waals surface area contributed by atoms with Crippen LogP contribution in [-0.2, 0) is 26.9 Å². The number of likely N-dealkylation sites (N-methyl/N-ethyl adjacent to an activating group) is 1. The summed E-state index contributed by atoms with van der Waals surface area (Å²) >= 11 is 8.58. The molecular weight excluding hydrogens is 555 g/mol. The van der Waals surface area contributed by atoms with Gasteiger partial charge in [-0.25, -0.2) is 4.39 Å². The predicted octanol–water partition coefficient (Wildman–Crippen LogP) is 4.50. The first kappa shape index (κ1) is 24.1. The maximum absolute atomic E-state index is 14.0. The molecule has 0 saturated carbocycles. The van der Waals surface area contributed by atoms with E-state index >= 15 is 0 Å². The van der Waals surface area contributed by atoms with Crippen LogP contribution in [0.3, 0.4) is 0 Å². The minimum absolute atomic E-state index is 0.0569. The fraction of sp³-hybridized carbons (Fsp3) is 0.200. The summed E-state index contributed by atoms with van der Waals surface area (Å²) in [7, 11) is -2.66. The summed E-state index contributed by atoms with van der Waals surface area (Å²) in [5.41, 5.74) is 2.85. The Balaban J connectivity index is 1.55. The van der Waals surface area contributed by atoms with Crippen LogP contribution >= 0.6 is 28.1 Å². The Hall–Kier alpha value is -2.66. The number of rotatable bonds is 4. The van der Waals surface area contributed by atoms with Gasteiger partial charge < -0.3 is 5.32 Å². The zero-order valence-corrected chi connectivity index (χ0v) is 21.7. The third-order valence-electron chi connectivity index (χ3n) is 6.81. The Morgan fingerprint density at radius 2 is 1.80 bits per heavy atom. The van der Waals surface area contributed by atoms with Crippen molar-refractivity contribution in [2.45, 2.75) is 29.2 Å². The van der Waals surface area contributed by atoms with E-state index in [-0.39, 0.29) is 26.3 Å². The van der Waals surface area contributed by atoms with Crippen LogP contribution in [0.4, 0.5) is 4.39 Å². The zero-order chi connectivity index (χ0) is 25.1. The number of nitrogens with zero attached hydrogens (tertiary/aromatic N) is 1. The molecule has 1 fully saturated rings. The van der Waals surface area contributed by atoms with Gasteiger partial charge in [0.15, 0.2) is 10.7 Å². The number of aryl methyl sites for hydroxylation is 1. The smallest absolute Gasteiger partial charge is 0.294 e. The first-order valence-corrected chi connectivity index (χ1v) is 13.4. The Kier molecular flexibility index (Phi) is 5.83. The second-order valence-corrected chi connectivity index (χ2v) is 11.4. The van der Waals surface area contributed by atoms with Gasteiger partial charge in [0.2, 0.25) is 0 Å². The number of nitrogens with one attached hydrogen (secondary N) is 1. The van der Waals surface area contributed by atoms with Gasteiger partial charge in [-0.1, -0.05) is 36.4 Å². The van der Waals surface area contributed by atoms with E-state index in [1.165, 1.54) is 23.1 Å². The van der Waals surface area contributed by atoms with Crippen molar-refractivity contribution in [3.63, 3.8) is 0 Å². The molecule has 1 aliphatic carbocycles. The Morgan fingerprint density at radius 1 is 1.11 bits per heavy atom. The molecule has 2 atom stereocenters. The van der Waals surface area contributed by atoms with Gasteiger partial charge in [-0.3, -0.25) is 14.2 Å². The molecule has 1 saturated heterocycles. The Bertz CT molecular complexity index is 1490. The lowest BCUT2D eigenvalue weighted by atomic mass is 9.81. The average Bonchev–Trinajstić information content (AvgIpc) is 3.35. The topological polar surface area (TPSA) is 86.7 Å². The monoisotopic (exact) mass is 574 g/mol. The molecule has 0 radical (unpaired) electrons. The van der Waals surface area contributed by atoms with Gasteiger partial charge >= 0.3 is 0 Å². The number of hydrogen-bond acceptors (Lipinski definition) is 4. The van der Waals surface area contributed by atoms with E-state index in [1.54, 1.807) is 25.2 Å². The average molecular weight is 575 g/mol. The highest BCUT2D eigenvalue weighted by atomic mass is 79.9. The van der Waals surface area contributed by atoms with E-state index < -0.39 is 21.5 Å². The Labute approximate surface area is 216 Å². The minimum atomic E-state index is -4.26. The molecule has 0 aromatic heterocycles. The zero-order valence-electron chi connectivity index (χ0n) is 18.5. The van der Waals surface area contributed by atoms with Gasteiger partial charge in [0, 0.05) is 13.0 Å². The summed E-state index contributed by atoms with van der Waals surface area (Å²) in [5.74, 6) is -0.642. The van der Waals surface area contributed by atoms with Crippen LogP contribution in [0.1, 0.15) is 40.2 Å². The predicted molar refractivity (Wildman–Crippen MR) is 136 cm³/mol. The van der Waals surface area contributed by atoms with Gasteiger partial charge in [0.05, 0.1) is 9.37 Å². The van der Waals surface area contributed by atoms with Crippen molar-refractivity contribution in [2.75, 3.05) is 7.05 Å². The molecule has 2 aliphatic rings. The molecule has 1 heterocycles. The molecule has 180 valence electrons. The third-order valence-corrected chi connectivity index (χ3v) is 8.65. The Morgan fingerprint density at radius 3 is 2.40 bits per heavy atom. The molecule has 1 aliphatic heterocycles. The summed E-state index contributed by atoms with van der Waals surface area (Å²) in [6.45, 7) is 0. The van der Waals surface area contributed by atoms with Gasteiger partial charge in [-0.15, -0.1) is 0 Å². The number of fused-ring (bicyclic) bond motifs is 1. The molecule has 0 spiro atoms. The number of halogens is 2.